The van der Waals surface area contributed by atoms with E-state index in [-0.39, 0.29) is 18.3 Å². The van der Waals surface area contributed by atoms with E-state index in [0.29, 0.717) is 5.15 Å². The van der Waals surface area contributed by atoms with Gasteiger partial charge in [-0.15, -0.1) is 0 Å². The summed E-state index contributed by atoms with van der Waals surface area (Å²) in [6.45, 7) is 7.18. The van der Waals surface area contributed by atoms with Gasteiger partial charge in [0.25, 0.3) is 0 Å². The van der Waals surface area contributed by atoms with Crippen LogP contribution >= 0.6 is 11.6 Å². The number of amides is 1. The number of hydrogen-bond acceptors (Lipinski definition) is 5. The maximum atomic E-state index is 11.7. The standard InChI is InChI=1S/C15H21ClN4O2/c1-15(2,3)22-14(21)17-10-7-20(8-10)12-6-9-4-5-11(16)18-13(9)19-12/h4-5,10,12H,6-8H2,1-3H3,(H,17,21)(H,18,19). The number of likely N-dealkylation sites (tertiary alicyclic amines) is 1. The largest absolute Gasteiger partial charge is 0.444 e. The van der Waals surface area contributed by atoms with Gasteiger partial charge in [0.05, 0.1) is 12.2 Å². The lowest BCUT2D eigenvalue weighted by Crippen LogP contribution is -2.63. The van der Waals surface area contributed by atoms with Crippen LogP contribution in [0, 0.1) is 0 Å². The topological polar surface area (TPSA) is 66.5 Å². The minimum absolute atomic E-state index is 0.136. The number of ether oxygens (including phenoxy) is 1. The Labute approximate surface area is 135 Å². The van der Waals surface area contributed by atoms with Crippen molar-refractivity contribution in [2.75, 3.05) is 18.4 Å². The van der Waals surface area contributed by atoms with Crippen LogP contribution < -0.4 is 10.6 Å². The molecule has 22 heavy (non-hydrogen) atoms. The lowest BCUT2D eigenvalue weighted by Gasteiger charge is -2.43. The first kappa shape index (κ1) is 15.4. The Hall–Kier alpha value is -1.53. The minimum atomic E-state index is -0.465. The van der Waals surface area contributed by atoms with Gasteiger partial charge in [0.1, 0.15) is 16.6 Å². The molecule has 1 aromatic rings. The van der Waals surface area contributed by atoms with Crippen molar-refractivity contribution < 1.29 is 9.53 Å². The average Bonchev–Trinajstić information content (AvgIpc) is 2.73. The quantitative estimate of drug-likeness (QED) is 0.817. The summed E-state index contributed by atoms with van der Waals surface area (Å²) >= 11 is 5.91. The summed E-state index contributed by atoms with van der Waals surface area (Å²) in [6.07, 6.45) is 0.768. The van der Waals surface area contributed by atoms with Gasteiger partial charge in [-0.05, 0) is 32.4 Å². The van der Waals surface area contributed by atoms with Crippen LogP contribution in [0.4, 0.5) is 10.6 Å². The number of anilines is 1. The third-order valence-electron chi connectivity index (χ3n) is 3.73. The van der Waals surface area contributed by atoms with Crippen molar-refractivity contribution >= 4 is 23.5 Å². The van der Waals surface area contributed by atoms with Crippen molar-refractivity contribution in [1.82, 2.24) is 15.2 Å². The van der Waals surface area contributed by atoms with Gasteiger partial charge in [0.2, 0.25) is 0 Å². The monoisotopic (exact) mass is 324 g/mol. The highest BCUT2D eigenvalue weighted by molar-refractivity contribution is 6.29. The molecule has 1 fully saturated rings. The van der Waals surface area contributed by atoms with Crippen molar-refractivity contribution in [3.8, 4) is 0 Å². The first-order valence-corrected chi connectivity index (χ1v) is 7.83. The van der Waals surface area contributed by atoms with Gasteiger partial charge in [-0.1, -0.05) is 17.7 Å². The van der Waals surface area contributed by atoms with Crippen molar-refractivity contribution in [2.24, 2.45) is 0 Å². The van der Waals surface area contributed by atoms with Gasteiger partial charge in [-0.25, -0.2) is 9.78 Å². The number of hydrogen-bond donors (Lipinski definition) is 2. The Morgan fingerprint density at radius 3 is 2.86 bits per heavy atom. The van der Waals surface area contributed by atoms with Gasteiger partial charge in [0.15, 0.2) is 0 Å². The lowest BCUT2D eigenvalue weighted by atomic mass is 10.1. The molecule has 1 aromatic heterocycles. The number of carbonyl (C=O) groups is 1. The van der Waals surface area contributed by atoms with E-state index in [2.05, 4.69) is 20.5 Å². The molecule has 6 nitrogen and oxygen atoms in total. The van der Waals surface area contributed by atoms with Crippen LogP contribution in [0.2, 0.25) is 5.15 Å². The number of nitrogens with zero attached hydrogens (tertiary/aromatic N) is 2. The van der Waals surface area contributed by atoms with Crippen molar-refractivity contribution in [3.63, 3.8) is 0 Å². The normalized spacial score (nSPS) is 21.7. The Morgan fingerprint density at radius 1 is 1.45 bits per heavy atom. The number of halogens is 1. The molecule has 0 aliphatic carbocycles. The molecule has 2 aliphatic rings. The highest BCUT2D eigenvalue weighted by Crippen LogP contribution is 2.29. The van der Waals surface area contributed by atoms with Crippen molar-refractivity contribution in [2.45, 2.75) is 45.0 Å². The van der Waals surface area contributed by atoms with Crippen LogP contribution in [0.1, 0.15) is 26.3 Å². The van der Waals surface area contributed by atoms with Gasteiger partial charge in [0, 0.05) is 19.5 Å². The van der Waals surface area contributed by atoms with E-state index in [0.717, 1.165) is 25.3 Å². The highest BCUT2D eigenvalue weighted by atomic mass is 35.5. The van der Waals surface area contributed by atoms with Gasteiger partial charge < -0.3 is 15.4 Å². The second kappa shape index (κ2) is 5.59. The number of rotatable bonds is 2. The van der Waals surface area contributed by atoms with E-state index in [1.807, 2.05) is 32.9 Å². The number of carbonyl (C=O) groups excluding carboxylic acids is 1. The predicted octanol–water partition coefficient (Wildman–Crippen LogP) is 2.24. The van der Waals surface area contributed by atoms with Crippen LogP contribution in [-0.4, -0.2) is 46.9 Å². The molecule has 1 atom stereocenters. The lowest BCUT2D eigenvalue weighted by molar-refractivity contribution is 0.0353. The summed E-state index contributed by atoms with van der Waals surface area (Å²) in [6, 6.07) is 3.96. The van der Waals surface area contributed by atoms with E-state index in [1.54, 1.807) is 0 Å². The molecule has 2 N–H and O–H groups in total. The molecular weight excluding hydrogens is 304 g/mol. The second-order valence-corrected chi connectivity index (χ2v) is 7.19. The number of alkyl carbamates (subject to hydrolysis) is 1. The van der Waals surface area contributed by atoms with Gasteiger partial charge in [-0.3, -0.25) is 4.90 Å². The number of pyridine rings is 1. The molecule has 1 unspecified atom stereocenters. The number of fused-ring (bicyclic) bond motifs is 1. The van der Waals surface area contributed by atoms with Crippen LogP contribution in [0.5, 0.6) is 0 Å². The number of aromatic nitrogens is 1. The molecule has 2 aliphatic heterocycles. The Bertz CT molecular complexity index is 581. The van der Waals surface area contributed by atoms with E-state index < -0.39 is 5.60 Å². The third kappa shape index (κ3) is 3.44. The predicted molar refractivity (Wildman–Crippen MR) is 85.1 cm³/mol. The molecule has 0 bridgehead atoms. The van der Waals surface area contributed by atoms with Gasteiger partial charge in [-0.2, -0.15) is 0 Å². The molecule has 0 saturated carbocycles. The van der Waals surface area contributed by atoms with E-state index in [9.17, 15) is 4.79 Å². The van der Waals surface area contributed by atoms with Crippen LogP contribution in [-0.2, 0) is 11.2 Å². The molecule has 7 heteroatoms. The summed E-state index contributed by atoms with van der Waals surface area (Å²) in [5, 5.41) is 6.77. The van der Waals surface area contributed by atoms with Crippen LogP contribution in [0.15, 0.2) is 12.1 Å². The zero-order chi connectivity index (χ0) is 15.9. The van der Waals surface area contributed by atoms with Crippen molar-refractivity contribution in [1.29, 1.82) is 0 Å². The molecule has 3 rings (SSSR count). The summed E-state index contributed by atoms with van der Waals surface area (Å²) in [7, 11) is 0. The fourth-order valence-corrected chi connectivity index (χ4v) is 2.87. The van der Waals surface area contributed by atoms with Gasteiger partial charge >= 0.3 is 6.09 Å². The smallest absolute Gasteiger partial charge is 0.407 e. The molecule has 0 aromatic carbocycles. The summed E-state index contributed by atoms with van der Waals surface area (Å²) in [4.78, 5) is 18.3. The molecule has 1 amide bonds. The Kier molecular flexibility index (Phi) is 3.91. The first-order valence-electron chi connectivity index (χ1n) is 7.46. The molecular formula is C15H21ClN4O2. The fourth-order valence-electron chi connectivity index (χ4n) is 2.72. The van der Waals surface area contributed by atoms with E-state index in [4.69, 9.17) is 16.3 Å². The van der Waals surface area contributed by atoms with Crippen molar-refractivity contribution in [3.05, 3.63) is 22.8 Å². The Morgan fingerprint density at radius 2 is 2.18 bits per heavy atom. The SMILES string of the molecule is CC(C)(C)OC(=O)NC1CN(C2Cc3ccc(Cl)nc3N2)C1. The minimum Gasteiger partial charge on any atom is -0.444 e. The van der Waals surface area contributed by atoms with Crippen LogP contribution in [0.25, 0.3) is 0 Å². The maximum absolute atomic E-state index is 11.7. The molecule has 1 saturated heterocycles. The zero-order valence-electron chi connectivity index (χ0n) is 13.0. The summed E-state index contributed by atoms with van der Waals surface area (Å²) in [5.74, 6) is 0.862. The summed E-state index contributed by atoms with van der Waals surface area (Å²) in [5.41, 5.74) is 0.713. The van der Waals surface area contributed by atoms with E-state index >= 15 is 0 Å². The Balaban J connectivity index is 1.46. The maximum Gasteiger partial charge on any atom is 0.407 e. The first-order chi connectivity index (χ1) is 10.3. The molecule has 120 valence electrons. The second-order valence-electron chi connectivity index (χ2n) is 6.80. The molecule has 3 heterocycles. The number of nitrogens with one attached hydrogen (secondary N) is 2. The molecule has 0 radical (unpaired) electrons. The third-order valence-corrected chi connectivity index (χ3v) is 3.94. The molecule has 0 spiro atoms. The highest BCUT2D eigenvalue weighted by Gasteiger charge is 2.37. The fraction of sp³-hybridized carbons (Fsp3) is 0.600. The van der Waals surface area contributed by atoms with E-state index in [1.165, 1.54) is 5.56 Å². The average molecular weight is 325 g/mol. The zero-order valence-corrected chi connectivity index (χ0v) is 13.8. The summed E-state index contributed by atoms with van der Waals surface area (Å²) < 4.78 is 5.26. The van der Waals surface area contributed by atoms with Crippen LogP contribution in [0.3, 0.4) is 0 Å².